The molecule has 102 valence electrons. The highest BCUT2D eigenvalue weighted by atomic mass is 32.2. The summed E-state index contributed by atoms with van der Waals surface area (Å²) in [6, 6.07) is 11.6. The van der Waals surface area contributed by atoms with E-state index in [1.54, 1.807) is 25.1 Å². The normalized spacial score (nSPS) is 10.8. The summed E-state index contributed by atoms with van der Waals surface area (Å²) in [6.07, 6.45) is 0. The predicted octanol–water partition coefficient (Wildman–Crippen LogP) is 2.81. The van der Waals surface area contributed by atoms with E-state index in [1.807, 2.05) is 0 Å². The summed E-state index contributed by atoms with van der Waals surface area (Å²) >= 11 is 0. The number of nitrogens with zero attached hydrogens (tertiary/aromatic N) is 1. The van der Waals surface area contributed by atoms with Gasteiger partial charge in [-0.15, -0.1) is 0 Å². The molecule has 1 N–H and O–H groups in total. The molecule has 0 radical (unpaired) electrons. The maximum atomic E-state index is 13.7. The third kappa shape index (κ3) is 2.95. The van der Waals surface area contributed by atoms with Crippen molar-refractivity contribution in [1.82, 2.24) is 0 Å². The average Bonchev–Trinajstić information content (AvgIpc) is 2.41. The molecule has 0 fully saturated rings. The molecule has 0 bridgehead atoms. The van der Waals surface area contributed by atoms with Gasteiger partial charge in [0.25, 0.3) is 10.0 Å². The van der Waals surface area contributed by atoms with Crippen LogP contribution in [-0.2, 0) is 10.0 Å². The number of nitriles is 1. The molecule has 0 saturated heterocycles. The van der Waals surface area contributed by atoms with Crippen LogP contribution in [0, 0.1) is 24.1 Å². The fourth-order valence-electron chi connectivity index (χ4n) is 1.65. The van der Waals surface area contributed by atoms with Crippen molar-refractivity contribution < 1.29 is 12.8 Å². The van der Waals surface area contributed by atoms with Crippen LogP contribution in [0.3, 0.4) is 0 Å². The minimum atomic E-state index is -3.85. The second-order valence-electron chi connectivity index (χ2n) is 4.23. The maximum absolute atomic E-state index is 13.7. The molecule has 0 spiro atoms. The van der Waals surface area contributed by atoms with Crippen molar-refractivity contribution >= 4 is 15.7 Å². The summed E-state index contributed by atoms with van der Waals surface area (Å²) in [5, 5.41) is 8.64. The van der Waals surface area contributed by atoms with Gasteiger partial charge in [0.15, 0.2) is 0 Å². The van der Waals surface area contributed by atoms with Crippen molar-refractivity contribution in [2.45, 2.75) is 11.8 Å². The zero-order valence-electron chi connectivity index (χ0n) is 10.6. The van der Waals surface area contributed by atoms with E-state index < -0.39 is 15.8 Å². The highest BCUT2D eigenvalue weighted by molar-refractivity contribution is 7.92. The van der Waals surface area contributed by atoms with E-state index >= 15 is 0 Å². The molecule has 0 atom stereocenters. The standard InChI is InChI=1S/C14H11FN2O2S/c1-10-3-2-4-12(7-10)20(18,19)17-14-6-5-11(9-16)8-13(14)15/h2-8,17H,1H3. The van der Waals surface area contributed by atoms with Crippen LogP contribution in [0.2, 0.25) is 0 Å². The van der Waals surface area contributed by atoms with Crippen molar-refractivity contribution in [2.24, 2.45) is 0 Å². The lowest BCUT2D eigenvalue weighted by Crippen LogP contribution is -2.14. The summed E-state index contributed by atoms with van der Waals surface area (Å²) in [6.45, 7) is 1.77. The Morgan fingerprint density at radius 3 is 2.55 bits per heavy atom. The minimum absolute atomic E-state index is 0.0567. The van der Waals surface area contributed by atoms with Crippen molar-refractivity contribution in [2.75, 3.05) is 4.72 Å². The Labute approximate surface area is 116 Å². The number of aryl methyl sites for hydroxylation is 1. The van der Waals surface area contributed by atoms with Gasteiger partial charge in [-0.3, -0.25) is 4.72 Å². The fourth-order valence-corrected chi connectivity index (χ4v) is 2.83. The topological polar surface area (TPSA) is 70.0 Å². The first-order valence-corrected chi connectivity index (χ1v) is 7.20. The minimum Gasteiger partial charge on any atom is -0.277 e. The molecular weight excluding hydrogens is 279 g/mol. The van der Waals surface area contributed by atoms with E-state index in [4.69, 9.17) is 5.26 Å². The zero-order chi connectivity index (χ0) is 14.8. The molecule has 0 amide bonds. The first kappa shape index (κ1) is 14.0. The van der Waals surface area contributed by atoms with Crippen LogP contribution >= 0.6 is 0 Å². The molecule has 0 saturated carbocycles. The predicted molar refractivity (Wildman–Crippen MR) is 73.1 cm³/mol. The lowest BCUT2D eigenvalue weighted by Gasteiger charge is -2.09. The van der Waals surface area contributed by atoms with Crippen molar-refractivity contribution in [3.63, 3.8) is 0 Å². The van der Waals surface area contributed by atoms with Gasteiger partial charge in [0, 0.05) is 0 Å². The molecule has 20 heavy (non-hydrogen) atoms. The number of hydrogen-bond donors (Lipinski definition) is 1. The van der Waals surface area contributed by atoms with Crippen LogP contribution < -0.4 is 4.72 Å². The molecule has 0 aromatic heterocycles. The smallest absolute Gasteiger partial charge is 0.261 e. The Bertz CT molecular complexity index is 795. The molecule has 2 aromatic carbocycles. The second-order valence-corrected chi connectivity index (χ2v) is 5.91. The first-order valence-electron chi connectivity index (χ1n) is 5.71. The number of benzene rings is 2. The molecule has 0 unspecified atom stereocenters. The number of halogens is 1. The molecule has 6 heteroatoms. The molecule has 2 aromatic rings. The van der Waals surface area contributed by atoms with Gasteiger partial charge >= 0.3 is 0 Å². The summed E-state index contributed by atoms with van der Waals surface area (Å²) in [4.78, 5) is 0.0567. The van der Waals surface area contributed by atoms with Gasteiger partial charge in [0.2, 0.25) is 0 Å². The van der Waals surface area contributed by atoms with Gasteiger partial charge in [-0.1, -0.05) is 12.1 Å². The number of sulfonamides is 1. The average molecular weight is 290 g/mol. The second kappa shape index (κ2) is 5.31. The lowest BCUT2D eigenvalue weighted by atomic mass is 10.2. The van der Waals surface area contributed by atoms with Crippen LogP contribution in [-0.4, -0.2) is 8.42 Å². The molecule has 2 rings (SSSR count). The Balaban J connectivity index is 2.36. The SMILES string of the molecule is Cc1cccc(S(=O)(=O)Nc2ccc(C#N)cc2F)c1. The van der Waals surface area contributed by atoms with E-state index in [0.29, 0.717) is 0 Å². The van der Waals surface area contributed by atoms with Gasteiger partial charge in [-0.05, 0) is 42.8 Å². The molecule has 0 aliphatic rings. The van der Waals surface area contributed by atoms with Gasteiger partial charge in [-0.25, -0.2) is 12.8 Å². The quantitative estimate of drug-likeness (QED) is 0.945. The monoisotopic (exact) mass is 290 g/mol. The van der Waals surface area contributed by atoms with Crippen molar-refractivity contribution in [3.8, 4) is 6.07 Å². The molecule has 0 aliphatic carbocycles. The van der Waals surface area contributed by atoms with Gasteiger partial charge in [0.05, 0.1) is 22.2 Å². The van der Waals surface area contributed by atoms with E-state index in [1.165, 1.54) is 24.3 Å². The van der Waals surface area contributed by atoms with E-state index in [-0.39, 0.29) is 16.1 Å². The Kier molecular flexibility index (Phi) is 3.72. The highest BCUT2D eigenvalue weighted by Crippen LogP contribution is 2.20. The van der Waals surface area contributed by atoms with Crippen LogP contribution in [0.5, 0.6) is 0 Å². The van der Waals surface area contributed by atoms with Crippen LogP contribution in [0.4, 0.5) is 10.1 Å². The lowest BCUT2D eigenvalue weighted by molar-refractivity contribution is 0.598. The van der Waals surface area contributed by atoms with Crippen molar-refractivity contribution in [1.29, 1.82) is 5.26 Å². The van der Waals surface area contributed by atoms with E-state index in [0.717, 1.165) is 11.6 Å². The third-order valence-corrected chi connectivity index (χ3v) is 4.01. The number of hydrogen-bond acceptors (Lipinski definition) is 3. The maximum Gasteiger partial charge on any atom is 0.261 e. The summed E-state index contributed by atoms with van der Waals surface area (Å²) in [5.74, 6) is -0.791. The molecule has 0 aliphatic heterocycles. The third-order valence-electron chi connectivity index (χ3n) is 2.64. The Hall–Kier alpha value is -2.39. The highest BCUT2D eigenvalue weighted by Gasteiger charge is 2.16. The number of anilines is 1. The molecular formula is C14H11FN2O2S. The van der Waals surface area contributed by atoms with Crippen LogP contribution in [0.25, 0.3) is 0 Å². The van der Waals surface area contributed by atoms with Gasteiger partial charge in [0.1, 0.15) is 5.82 Å². The van der Waals surface area contributed by atoms with Crippen LogP contribution in [0.15, 0.2) is 47.4 Å². The number of nitrogens with one attached hydrogen (secondary N) is 1. The van der Waals surface area contributed by atoms with Crippen molar-refractivity contribution in [3.05, 3.63) is 59.4 Å². The van der Waals surface area contributed by atoms with Gasteiger partial charge < -0.3 is 0 Å². The van der Waals surface area contributed by atoms with Crippen LogP contribution in [0.1, 0.15) is 11.1 Å². The summed E-state index contributed by atoms with van der Waals surface area (Å²) in [7, 11) is -3.85. The summed E-state index contributed by atoms with van der Waals surface area (Å²) in [5.41, 5.74) is 0.722. The van der Waals surface area contributed by atoms with Gasteiger partial charge in [-0.2, -0.15) is 5.26 Å². The van der Waals surface area contributed by atoms with E-state index in [2.05, 4.69) is 4.72 Å². The Morgan fingerprint density at radius 2 is 1.95 bits per heavy atom. The molecule has 0 heterocycles. The zero-order valence-corrected chi connectivity index (χ0v) is 11.4. The number of rotatable bonds is 3. The summed E-state index contributed by atoms with van der Waals surface area (Å²) < 4.78 is 40.1. The first-order chi connectivity index (χ1) is 9.42. The fraction of sp³-hybridized carbons (Fsp3) is 0.0714. The molecule has 4 nitrogen and oxygen atoms in total. The Morgan fingerprint density at radius 1 is 1.20 bits per heavy atom. The van der Waals surface area contributed by atoms with E-state index in [9.17, 15) is 12.8 Å². The largest absolute Gasteiger partial charge is 0.277 e.